The quantitative estimate of drug-likeness (QED) is 0.469. The van der Waals surface area contributed by atoms with E-state index in [-0.39, 0.29) is 5.56 Å². The van der Waals surface area contributed by atoms with E-state index in [2.05, 4.69) is 0 Å². The fraction of sp³-hybridized carbons (Fsp3) is 0. The summed E-state index contributed by atoms with van der Waals surface area (Å²) >= 11 is 1.42. The summed E-state index contributed by atoms with van der Waals surface area (Å²) in [6, 6.07) is 1.54. The van der Waals surface area contributed by atoms with E-state index in [0.29, 0.717) is 0 Å². The van der Waals surface area contributed by atoms with Gasteiger partial charge in [-0.25, -0.2) is 0 Å². The third-order valence-corrected chi connectivity index (χ3v) is 1.67. The maximum atomic E-state index is 10.4. The van der Waals surface area contributed by atoms with E-state index in [1.165, 1.54) is 17.8 Å². The Morgan fingerprint density at radius 2 is 2.57 bits per heavy atom. The number of fused-ring (bicyclic) bond motifs is 1. The Morgan fingerprint density at radius 1 is 1.71 bits per heavy atom. The first kappa shape index (κ1) is 3.26. The lowest BCUT2D eigenvalue weighted by Crippen LogP contribution is -1.95. The molecule has 0 unspecified atom stereocenters. The molecule has 3 nitrogen and oxygen atoms in total. The van der Waals surface area contributed by atoms with Gasteiger partial charge >= 0.3 is 0 Å². The van der Waals surface area contributed by atoms with Crippen molar-refractivity contribution in [2.24, 2.45) is 0 Å². The molecular weight excluding hydrogens is 112 g/mol. The average molecular weight is 114 g/mol. The first-order chi connectivity index (χ1) is 3.38. The van der Waals surface area contributed by atoms with Gasteiger partial charge in [-0.1, -0.05) is 0 Å². The molecule has 0 saturated heterocycles. The van der Waals surface area contributed by atoms with Gasteiger partial charge in [-0.2, -0.15) is 3.90 Å². The van der Waals surface area contributed by atoms with Crippen molar-refractivity contribution >= 4 is 11.7 Å². The van der Waals surface area contributed by atoms with Crippen LogP contribution in [0.25, 0.3) is 0 Å². The summed E-state index contributed by atoms with van der Waals surface area (Å²) in [6.07, 6.45) is 1.74. The van der Waals surface area contributed by atoms with E-state index in [0.717, 1.165) is 0 Å². The van der Waals surface area contributed by atoms with Crippen LogP contribution in [0, 0.1) is 0 Å². The normalized spacial score (nSPS) is 11.4. The number of aromatic nitrogens is 2. The Labute approximate surface area is 43.0 Å². The molecule has 2 rings (SSSR count). The van der Waals surface area contributed by atoms with Crippen molar-refractivity contribution in [2.45, 2.75) is 0 Å². The minimum Gasteiger partial charge on any atom is -0.266 e. The topological polar surface area (TPSA) is 25.9 Å². The molecule has 0 N–H and O–H groups in total. The van der Waals surface area contributed by atoms with Crippen molar-refractivity contribution in [2.75, 3.05) is 0 Å². The summed E-state index contributed by atoms with van der Waals surface area (Å²) in [5.74, 6) is 0. The van der Waals surface area contributed by atoms with Crippen molar-refractivity contribution in [3.05, 3.63) is 22.6 Å². The van der Waals surface area contributed by atoms with Crippen molar-refractivity contribution in [1.29, 1.82) is 0 Å². The monoisotopic (exact) mass is 114 g/mol. The van der Waals surface area contributed by atoms with Crippen LogP contribution in [0.1, 0.15) is 0 Å². The molecule has 0 fully saturated rings. The molecule has 0 aromatic carbocycles. The van der Waals surface area contributed by atoms with Gasteiger partial charge in [0, 0.05) is 12.3 Å². The van der Waals surface area contributed by atoms with Gasteiger partial charge in [0.25, 0.3) is 5.56 Å². The highest BCUT2D eigenvalue weighted by molar-refractivity contribution is 7.04. The lowest BCUT2D eigenvalue weighted by atomic mass is 10.7. The summed E-state index contributed by atoms with van der Waals surface area (Å²) in [4.78, 5) is 10.4. The molecule has 0 spiro atoms. The van der Waals surface area contributed by atoms with Crippen LogP contribution in [0.15, 0.2) is 17.1 Å². The van der Waals surface area contributed by atoms with Crippen molar-refractivity contribution in [1.82, 2.24) is 7.81 Å². The smallest absolute Gasteiger partial charge is 0.266 e. The molecule has 0 aliphatic heterocycles. The zero-order valence-electron chi connectivity index (χ0n) is 3.37. The fourth-order valence-corrected chi connectivity index (χ4v) is 0.997. The molecule has 0 aliphatic carbocycles. The number of hydrogen-bond donors (Lipinski definition) is 0. The van der Waals surface area contributed by atoms with Crippen LogP contribution in [0.5, 0.6) is 0 Å². The third kappa shape index (κ3) is 0.269. The lowest BCUT2D eigenvalue weighted by molar-refractivity contribution is 1.06. The van der Waals surface area contributed by atoms with Gasteiger partial charge in [0.15, 0.2) is 0 Å². The van der Waals surface area contributed by atoms with Crippen molar-refractivity contribution in [3.8, 4) is 0 Å². The van der Waals surface area contributed by atoms with E-state index >= 15 is 0 Å². The molecule has 2 aromatic heterocycles. The molecule has 0 radical (unpaired) electrons. The van der Waals surface area contributed by atoms with E-state index in [1.54, 1.807) is 14.0 Å². The summed E-state index contributed by atoms with van der Waals surface area (Å²) < 4.78 is 3.34. The highest BCUT2D eigenvalue weighted by atomic mass is 32.1. The van der Waals surface area contributed by atoms with Crippen molar-refractivity contribution < 1.29 is 0 Å². The van der Waals surface area contributed by atoms with Crippen LogP contribution in [0.2, 0.25) is 0 Å². The Hall–Kier alpha value is -0.770. The zero-order chi connectivity index (χ0) is 4.85. The summed E-state index contributed by atoms with van der Waals surface area (Å²) in [7, 11) is 0. The van der Waals surface area contributed by atoms with Gasteiger partial charge < -0.3 is 0 Å². The number of nitrogens with zero attached hydrogens (tertiary/aromatic N) is 2. The van der Waals surface area contributed by atoms with E-state index < -0.39 is 0 Å². The largest absolute Gasteiger partial charge is 0.282 e. The maximum Gasteiger partial charge on any atom is 0.282 e. The molecule has 0 atom stereocenters. The van der Waals surface area contributed by atoms with Crippen LogP contribution in [0.3, 0.4) is 0 Å². The number of hydrogen-bond acceptors (Lipinski definition) is 2. The molecule has 4 heteroatoms. The molecule has 0 bridgehead atoms. The lowest BCUT2D eigenvalue weighted by Gasteiger charge is -1.48. The van der Waals surface area contributed by atoms with E-state index in [9.17, 15) is 4.79 Å². The molecular formula is C3H2N2OS. The van der Waals surface area contributed by atoms with Gasteiger partial charge in [0.05, 0.1) is 11.7 Å². The molecule has 0 saturated carbocycles. The maximum absolute atomic E-state index is 10.4. The van der Waals surface area contributed by atoms with Gasteiger partial charge in [-0.05, 0) is 0 Å². The fourth-order valence-electron chi connectivity index (χ4n) is 0.479. The molecule has 0 amide bonds. The predicted molar refractivity (Wildman–Crippen MR) is 26.2 cm³/mol. The van der Waals surface area contributed by atoms with Crippen LogP contribution < -0.4 is 5.56 Å². The molecule has 7 heavy (non-hydrogen) atoms. The van der Waals surface area contributed by atoms with Gasteiger partial charge in [-0.3, -0.25) is 4.79 Å². The highest BCUT2D eigenvalue weighted by Gasteiger charge is 2.01. The molecule has 2 aromatic rings. The van der Waals surface area contributed by atoms with Crippen LogP contribution in [-0.4, -0.2) is 7.81 Å². The standard InChI is InChI=1S/C3H2N2OS/c6-3-1-2-4-5(3)7-4/h1-2H. The molecule has 36 valence electrons. The Bertz CT molecular complexity index is 302. The van der Waals surface area contributed by atoms with Gasteiger partial charge in [0.2, 0.25) is 0 Å². The second-order valence-electron chi connectivity index (χ2n) is 1.31. The summed E-state index contributed by atoms with van der Waals surface area (Å²) in [5, 5.41) is 0. The van der Waals surface area contributed by atoms with Crippen LogP contribution >= 0.6 is 11.7 Å². The first-order valence-electron chi connectivity index (χ1n) is 1.87. The second kappa shape index (κ2) is 0.742. The van der Waals surface area contributed by atoms with Crippen LogP contribution in [0.4, 0.5) is 0 Å². The zero-order valence-corrected chi connectivity index (χ0v) is 4.18. The Balaban J connectivity index is 3.22. The van der Waals surface area contributed by atoms with Crippen LogP contribution in [-0.2, 0) is 0 Å². The average Bonchev–Trinajstić information content (AvgIpc) is 2.33. The van der Waals surface area contributed by atoms with E-state index in [1.807, 2.05) is 0 Å². The Morgan fingerprint density at radius 3 is 2.71 bits per heavy atom. The third-order valence-electron chi connectivity index (χ3n) is 0.848. The minimum absolute atomic E-state index is 0.0741. The number of rotatable bonds is 0. The molecule has 2 heterocycles. The second-order valence-corrected chi connectivity index (χ2v) is 2.19. The van der Waals surface area contributed by atoms with E-state index in [4.69, 9.17) is 0 Å². The van der Waals surface area contributed by atoms with Gasteiger partial charge in [-0.15, -0.1) is 3.90 Å². The summed E-state index contributed by atoms with van der Waals surface area (Å²) in [5.41, 5.74) is 0.0741. The summed E-state index contributed by atoms with van der Waals surface area (Å²) in [6.45, 7) is 0. The highest BCUT2D eigenvalue weighted by Crippen LogP contribution is 1.97. The predicted octanol–water partition coefficient (Wildman–Crippen LogP) is -0.102. The minimum atomic E-state index is 0.0741. The SMILES string of the molecule is O=c1ccn2sn12. The molecule has 0 aliphatic rings. The Kier molecular flexibility index (Phi) is 0.346. The first-order valence-corrected chi connectivity index (χ1v) is 2.60. The van der Waals surface area contributed by atoms with Gasteiger partial charge in [0.1, 0.15) is 0 Å². The van der Waals surface area contributed by atoms with Crippen molar-refractivity contribution in [3.63, 3.8) is 0 Å².